The Balaban J connectivity index is 1.66. The van der Waals surface area contributed by atoms with Crippen LogP contribution in [0.3, 0.4) is 0 Å². The third-order valence-corrected chi connectivity index (χ3v) is 6.46. The molecule has 5 nitrogen and oxygen atoms in total. The summed E-state index contributed by atoms with van der Waals surface area (Å²) in [5.74, 6) is 0.472. The molecule has 0 aromatic carbocycles. The molecule has 0 bridgehead atoms. The van der Waals surface area contributed by atoms with Crippen LogP contribution < -0.4 is 5.56 Å². The minimum atomic E-state index is -0.103. The molecule has 1 N–H and O–H groups in total. The van der Waals surface area contributed by atoms with Gasteiger partial charge in [-0.25, -0.2) is 4.98 Å². The maximum absolute atomic E-state index is 12.8. The minimum absolute atomic E-state index is 0.00653. The van der Waals surface area contributed by atoms with Gasteiger partial charge in [0.25, 0.3) is 5.56 Å². The van der Waals surface area contributed by atoms with Gasteiger partial charge in [0.2, 0.25) is 0 Å². The van der Waals surface area contributed by atoms with Crippen molar-refractivity contribution in [1.29, 1.82) is 0 Å². The molecule has 1 aliphatic carbocycles. The Morgan fingerprint density at radius 2 is 2.15 bits per heavy atom. The minimum Gasteiger partial charge on any atom is -0.348 e. The van der Waals surface area contributed by atoms with Gasteiger partial charge in [-0.2, -0.15) is 0 Å². The van der Waals surface area contributed by atoms with Crippen molar-refractivity contribution < 1.29 is 4.79 Å². The number of aryl methyl sites for hydroxylation is 3. The zero-order valence-electron chi connectivity index (χ0n) is 15.4. The van der Waals surface area contributed by atoms with Crippen molar-refractivity contribution in [3.63, 3.8) is 0 Å². The summed E-state index contributed by atoms with van der Waals surface area (Å²) in [4.78, 5) is 34.9. The van der Waals surface area contributed by atoms with Crippen LogP contribution in [0.25, 0.3) is 10.2 Å². The second kappa shape index (κ2) is 6.50. The quantitative estimate of drug-likeness (QED) is 0.697. The van der Waals surface area contributed by atoms with Crippen LogP contribution in [0.1, 0.15) is 57.8 Å². The normalized spacial score (nSPS) is 13.5. The number of ketones is 1. The van der Waals surface area contributed by atoms with Crippen LogP contribution in [-0.4, -0.2) is 20.3 Å². The molecule has 0 saturated heterocycles. The van der Waals surface area contributed by atoms with Crippen molar-refractivity contribution in [3.05, 3.63) is 49.6 Å². The molecule has 136 valence electrons. The first-order valence-corrected chi connectivity index (χ1v) is 10.0. The fraction of sp³-hybridized carbons (Fsp3) is 0.450. The lowest BCUT2D eigenvalue weighted by atomic mass is 10.1. The summed E-state index contributed by atoms with van der Waals surface area (Å²) in [6.07, 6.45) is 4.27. The lowest BCUT2D eigenvalue weighted by Crippen LogP contribution is -2.15. The zero-order valence-corrected chi connectivity index (χ0v) is 16.3. The van der Waals surface area contributed by atoms with E-state index in [2.05, 4.69) is 21.5 Å². The molecule has 3 aromatic rings. The van der Waals surface area contributed by atoms with Crippen LogP contribution in [0, 0.1) is 13.8 Å². The summed E-state index contributed by atoms with van der Waals surface area (Å²) in [7, 11) is 0. The molecular formula is C20H23N3O2S. The Morgan fingerprint density at radius 1 is 1.35 bits per heavy atom. The number of hydrogen-bond donors (Lipinski definition) is 1. The van der Waals surface area contributed by atoms with Gasteiger partial charge in [0.15, 0.2) is 5.78 Å². The van der Waals surface area contributed by atoms with Gasteiger partial charge in [0.05, 0.1) is 11.8 Å². The molecule has 3 heterocycles. The van der Waals surface area contributed by atoms with E-state index in [1.807, 2.05) is 19.9 Å². The van der Waals surface area contributed by atoms with Crippen LogP contribution >= 0.6 is 11.3 Å². The Hall–Kier alpha value is -2.21. The van der Waals surface area contributed by atoms with E-state index in [-0.39, 0.29) is 17.8 Å². The Labute approximate surface area is 156 Å². The van der Waals surface area contributed by atoms with Crippen LogP contribution in [0.4, 0.5) is 0 Å². The highest BCUT2D eigenvalue weighted by Crippen LogP contribution is 2.34. The third-order valence-electron chi connectivity index (χ3n) is 5.27. The van der Waals surface area contributed by atoms with Crippen molar-refractivity contribution in [2.45, 2.75) is 59.4 Å². The highest BCUT2D eigenvalue weighted by molar-refractivity contribution is 7.18. The standard InChI is InChI=1S/C20H23N3O2S/c1-4-8-23-11(2)9-14(12(23)3)15(24)10-17-21-19(25)18-13-6-5-7-16(13)26-20(18)22-17/h9H,4-8,10H2,1-3H3,(H,21,22,25). The average Bonchev–Trinajstić information content (AvgIpc) is 3.23. The molecule has 0 spiro atoms. The van der Waals surface area contributed by atoms with E-state index in [1.165, 1.54) is 10.4 Å². The molecular weight excluding hydrogens is 346 g/mol. The summed E-state index contributed by atoms with van der Waals surface area (Å²) in [5.41, 5.74) is 3.88. The van der Waals surface area contributed by atoms with E-state index >= 15 is 0 Å². The second-order valence-corrected chi connectivity index (χ2v) is 8.17. The van der Waals surface area contributed by atoms with Gasteiger partial charge in [-0.05, 0) is 51.2 Å². The van der Waals surface area contributed by atoms with E-state index < -0.39 is 0 Å². The molecule has 26 heavy (non-hydrogen) atoms. The van der Waals surface area contributed by atoms with Crippen molar-refractivity contribution in [2.75, 3.05) is 0 Å². The van der Waals surface area contributed by atoms with E-state index in [4.69, 9.17) is 0 Å². The van der Waals surface area contributed by atoms with Gasteiger partial charge >= 0.3 is 0 Å². The van der Waals surface area contributed by atoms with Gasteiger partial charge in [-0.3, -0.25) is 9.59 Å². The number of nitrogens with zero attached hydrogens (tertiary/aromatic N) is 2. The first-order chi connectivity index (χ1) is 12.5. The number of nitrogens with one attached hydrogen (secondary N) is 1. The maximum atomic E-state index is 12.8. The van der Waals surface area contributed by atoms with Gasteiger partial charge in [0, 0.05) is 28.4 Å². The summed E-state index contributed by atoms with van der Waals surface area (Å²) in [6.45, 7) is 7.05. The predicted octanol–water partition coefficient (Wildman–Crippen LogP) is 3.73. The van der Waals surface area contributed by atoms with Gasteiger partial charge in [0.1, 0.15) is 10.7 Å². The molecule has 1 aliphatic rings. The van der Waals surface area contributed by atoms with Crippen molar-refractivity contribution in [1.82, 2.24) is 14.5 Å². The van der Waals surface area contributed by atoms with E-state index in [1.54, 1.807) is 11.3 Å². The Morgan fingerprint density at radius 3 is 2.92 bits per heavy atom. The summed E-state index contributed by atoms with van der Waals surface area (Å²) in [5, 5.41) is 0.736. The molecule has 0 unspecified atom stereocenters. The lowest BCUT2D eigenvalue weighted by Gasteiger charge is -2.07. The molecule has 3 aromatic heterocycles. The number of Topliss-reactive ketones (excluding diaryl/α,β-unsaturated/α-hetero) is 1. The first-order valence-electron chi connectivity index (χ1n) is 9.23. The smallest absolute Gasteiger partial charge is 0.259 e. The van der Waals surface area contributed by atoms with Crippen LogP contribution in [0.5, 0.6) is 0 Å². The summed E-state index contributed by atoms with van der Waals surface area (Å²) < 4.78 is 2.18. The number of fused-ring (bicyclic) bond motifs is 3. The fourth-order valence-electron chi connectivity index (χ4n) is 4.03. The molecule has 0 saturated carbocycles. The molecule has 0 atom stereocenters. The van der Waals surface area contributed by atoms with Crippen molar-refractivity contribution >= 4 is 27.3 Å². The third kappa shape index (κ3) is 2.72. The van der Waals surface area contributed by atoms with Crippen molar-refractivity contribution in [3.8, 4) is 0 Å². The number of rotatable bonds is 5. The molecule has 0 fully saturated rings. The number of aromatic nitrogens is 3. The van der Waals surface area contributed by atoms with Crippen LogP contribution in [-0.2, 0) is 25.8 Å². The zero-order chi connectivity index (χ0) is 18.4. The van der Waals surface area contributed by atoms with Crippen LogP contribution in [0.15, 0.2) is 10.9 Å². The van der Waals surface area contributed by atoms with Crippen molar-refractivity contribution in [2.24, 2.45) is 0 Å². The second-order valence-electron chi connectivity index (χ2n) is 7.09. The molecule has 0 radical (unpaired) electrons. The molecule has 0 aliphatic heterocycles. The number of carbonyl (C=O) groups is 1. The first kappa shape index (κ1) is 17.2. The molecule has 6 heteroatoms. The average molecular weight is 369 g/mol. The number of hydrogen-bond acceptors (Lipinski definition) is 4. The van der Waals surface area contributed by atoms with Gasteiger partial charge < -0.3 is 9.55 Å². The summed E-state index contributed by atoms with van der Waals surface area (Å²) >= 11 is 1.61. The van der Waals surface area contributed by atoms with Gasteiger partial charge in [-0.15, -0.1) is 11.3 Å². The highest BCUT2D eigenvalue weighted by Gasteiger charge is 2.22. The Kier molecular flexibility index (Phi) is 4.31. The number of H-pyrrole nitrogens is 1. The summed E-state index contributed by atoms with van der Waals surface area (Å²) in [6, 6.07) is 1.95. The molecule has 0 amide bonds. The largest absolute Gasteiger partial charge is 0.348 e. The lowest BCUT2D eigenvalue weighted by molar-refractivity contribution is 0.0990. The van der Waals surface area contributed by atoms with E-state index in [9.17, 15) is 9.59 Å². The number of thiophene rings is 1. The maximum Gasteiger partial charge on any atom is 0.259 e. The van der Waals surface area contributed by atoms with Gasteiger partial charge in [-0.1, -0.05) is 6.92 Å². The fourth-order valence-corrected chi connectivity index (χ4v) is 5.31. The highest BCUT2D eigenvalue weighted by atomic mass is 32.1. The number of carbonyl (C=O) groups excluding carboxylic acids is 1. The predicted molar refractivity (Wildman–Crippen MR) is 104 cm³/mol. The Bertz CT molecular complexity index is 1070. The monoisotopic (exact) mass is 369 g/mol. The van der Waals surface area contributed by atoms with E-state index in [0.717, 1.165) is 59.4 Å². The van der Waals surface area contributed by atoms with Crippen LogP contribution in [0.2, 0.25) is 0 Å². The van der Waals surface area contributed by atoms with E-state index in [0.29, 0.717) is 5.82 Å². The number of aromatic amines is 1. The topological polar surface area (TPSA) is 67.8 Å². The SMILES string of the molecule is CCCn1c(C)cc(C(=O)Cc2nc3sc4c(c3c(=O)[nH]2)CCC4)c1C. The molecule has 4 rings (SSSR count).